The molecule has 0 fully saturated rings. The lowest BCUT2D eigenvalue weighted by molar-refractivity contribution is 0.0788. The van der Waals surface area contributed by atoms with E-state index in [1.165, 1.54) is 0 Å². The molecule has 0 bridgehead atoms. The SMILES string of the molecule is CN(Cc1ccc(Br)s1)C(=O)c1cc(-c2cccnc2)nc2ccccc12. The second kappa shape index (κ2) is 7.58. The largest absolute Gasteiger partial charge is 0.337 e. The highest BCUT2D eigenvalue weighted by atomic mass is 79.9. The molecule has 3 heterocycles. The van der Waals surface area contributed by atoms with E-state index in [1.807, 2.05) is 61.6 Å². The minimum atomic E-state index is -0.0248. The molecule has 0 spiro atoms. The van der Waals surface area contributed by atoms with Crippen molar-refractivity contribution in [2.45, 2.75) is 6.54 Å². The first kappa shape index (κ1) is 17.8. The average Bonchev–Trinajstić information content (AvgIpc) is 3.11. The zero-order valence-electron chi connectivity index (χ0n) is 14.6. The molecule has 0 aliphatic carbocycles. The van der Waals surface area contributed by atoms with Gasteiger partial charge in [-0.05, 0) is 52.3 Å². The van der Waals surface area contributed by atoms with Gasteiger partial charge in [-0.2, -0.15) is 0 Å². The predicted molar refractivity (Wildman–Crippen MR) is 113 cm³/mol. The molecule has 3 aromatic heterocycles. The van der Waals surface area contributed by atoms with Crippen LogP contribution in [0.1, 0.15) is 15.2 Å². The Labute approximate surface area is 169 Å². The van der Waals surface area contributed by atoms with Crippen molar-refractivity contribution in [3.8, 4) is 11.3 Å². The van der Waals surface area contributed by atoms with E-state index < -0.39 is 0 Å². The highest BCUT2D eigenvalue weighted by Gasteiger charge is 2.18. The van der Waals surface area contributed by atoms with Crippen molar-refractivity contribution in [2.24, 2.45) is 0 Å². The Kier molecular flexibility index (Phi) is 5.01. The summed E-state index contributed by atoms with van der Waals surface area (Å²) in [7, 11) is 1.83. The summed E-state index contributed by atoms with van der Waals surface area (Å²) in [5, 5.41) is 0.856. The molecule has 0 saturated heterocycles. The second-order valence-corrected chi connectivity index (χ2v) is 8.73. The lowest BCUT2D eigenvalue weighted by Gasteiger charge is -2.18. The molecule has 0 N–H and O–H groups in total. The Morgan fingerprint density at radius 2 is 2.00 bits per heavy atom. The molecule has 1 aromatic carbocycles. The molecule has 0 radical (unpaired) electrons. The standard InChI is InChI=1S/C21H16BrN3OS/c1-25(13-15-8-9-20(22)27-15)21(26)17-11-19(14-5-4-10-23-12-14)24-18-7-3-2-6-16(17)18/h2-12H,13H2,1H3. The minimum Gasteiger partial charge on any atom is -0.337 e. The van der Waals surface area contributed by atoms with Gasteiger partial charge in [0.15, 0.2) is 0 Å². The first-order valence-corrected chi connectivity index (χ1v) is 10.0. The Bertz CT molecular complexity index is 1110. The van der Waals surface area contributed by atoms with Gasteiger partial charge >= 0.3 is 0 Å². The van der Waals surface area contributed by atoms with Crippen LogP contribution in [0.2, 0.25) is 0 Å². The number of aromatic nitrogens is 2. The van der Waals surface area contributed by atoms with Crippen molar-refractivity contribution in [1.82, 2.24) is 14.9 Å². The van der Waals surface area contributed by atoms with E-state index >= 15 is 0 Å². The quantitative estimate of drug-likeness (QED) is 0.429. The third-order valence-corrected chi connectivity index (χ3v) is 5.88. The molecule has 0 saturated carbocycles. The van der Waals surface area contributed by atoms with Gasteiger partial charge in [-0.25, -0.2) is 4.98 Å². The summed E-state index contributed by atoms with van der Waals surface area (Å²) in [6, 6.07) is 17.5. The summed E-state index contributed by atoms with van der Waals surface area (Å²) in [4.78, 5) is 25.0. The molecule has 4 nitrogen and oxygen atoms in total. The van der Waals surface area contributed by atoms with Crippen molar-refractivity contribution in [1.29, 1.82) is 0 Å². The van der Waals surface area contributed by atoms with Crippen molar-refractivity contribution in [3.05, 3.63) is 81.2 Å². The van der Waals surface area contributed by atoms with Gasteiger partial charge in [0.2, 0.25) is 0 Å². The number of carbonyl (C=O) groups is 1. The highest BCUT2D eigenvalue weighted by Crippen LogP contribution is 2.27. The summed E-state index contributed by atoms with van der Waals surface area (Å²) >= 11 is 5.11. The molecule has 0 atom stereocenters. The molecular formula is C21H16BrN3OS. The van der Waals surface area contributed by atoms with Gasteiger partial charge in [0, 0.05) is 35.3 Å². The van der Waals surface area contributed by atoms with Crippen molar-refractivity contribution < 1.29 is 4.79 Å². The highest BCUT2D eigenvalue weighted by molar-refractivity contribution is 9.11. The first-order valence-electron chi connectivity index (χ1n) is 8.41. The number of hydrogen-bond acceptors (Lipinski definition) is 4. The monoisotopic (exact) mass is 437 g/mol. The van der Waals surface area contributed by atoms with Gasteiger partial charge in [0.1, 0.15) is 0 Å². The van der Waals surface area contributed by atoms with Crippen LogP contribution >= 0.6 is 27.3 Å². The molecule has 0 aliphatic heterocycles. The number of carbonyl (C=O) groups excluding carboxylic acids is 1. The zero-order chi connectivity index (χ0) is 18.8. The van der Waals surface area contributed by atoms with Gasteiger partial charge in [-0.15, -0.1) is 11.3 Å². The molecule has 27 heavy (non-hydrogen) atoms. The van der Waals surface area contributed by atoms with Crippen LogP contribution in [0.4, 0.5) is 0 Å². The van der Waals surface area contributed by atoms with E-state index in [-0.39, 0.29) is 5.91 Å². The van der Waals surface area contributed by atoms with E-state index in [9.17, 15) is 4.79 Å². The Balaban J connectivity index is 1.76. The Morgan fingerprint density at radius 3 is 2.74 bits per heavy atom. The maximum Gasteiger partial charge on any atom is 0.254 e. The zero-order valence-corrected chi connectivity index (χ0v) is 17.0. The van der Waals surface area contributed by atoms with Crippen LogP contribution in [0, 0.1) is 0 Å². The number of hydrogen-bond donors (Lipinski definition) is 0. The molecular weight excluding hydrogens is 422 g/mol. The van der Waals surface area contributed by atoms with E-state index in [1.54, 1.807) is 28.6 Å². The van der Waals surface area contributed by atoms with E-state index in [2.05, 4.69) is 20.9 Å². The fourth-order valence-electron chi connectivity index (χ4n) is 2.96. The van der Waals surface area contributed by atoms with Crippen LogP contribution in [-0.4, -0.2) is 27.8 Å². The van der Waals surface area contributed by atoms with Crippen LogP contribution in [-0.2, 0) is 6.54 Å². The fraction of sp³-hybridized carbons (Fsp3) is 0.0952. The van der Waals surface area contributed by atoms with Crippen LogP contribution in [0.15, 0.2) is 70.8 Å². The number of benzene rings is 1. The second-order valence-electron chi connectivity index (χ2n) is 6.18. The van der Waals surface area contributed by atoms with Crippen LogP contribution < -0.4 is 0 Å². The Morgan fingerprint density at radius 1 is 1.15 bits per heavy atom. The van der Waals surface area contributed by atoms with Gasteiger partial charge in [0.25, 0.3) is 5.91 Å². The van der Waals surface area contributed by atoms with Gasteiger partial charge in [-0.3, -0.25) is 9.78 Å². The summed E-state index contributed by atoms with van der Waals surface area (Å²) in [6.45, 7) is 0.563. The number of amides is 1. The van der Waals surface area contributed by atoms with Gasteiger partial charge < -0.3 is 4.90 Å². The van der Waals surface area contributed by atoms with E-state index in [0.29, 0.717) is 12.1 Å². The number of fused-ring (bicyclic) bond motifs is 1. The molecule has 4 aromatic rings. The molecule has 6 heteroatoms. The number of pyridine rings is 2. The maximum atomic E-state index is 13.2. The number of nitrogens with zero attached hydrogens (tertiary/aromatic N) is 3. The maximum absolute atomic E-state index is 13.2. The van der Waals surface area contributed by atoms with Crippen molar-refractivity contribution in [3.63, 3.8) is 0 Å². The lowest BCUT2D eigenvalue weighted by atomic mass is 10.0. The van der Waals surface area contributed by atoms with Crippen LogP contribution in [0.3, 0.4) is 0 Å². The Hall–Kier alpha value is -2.57. The van der Waals surface area contributed by atoms with Crippen LogP contribution in [0.5, 0.6) is 0 Å². The third kappa shape index (κ3) is 3.77. The summed E-state index contributed by atoms with van der Waals surface area (Å²) in [6.07, 6.45) is 3.49. The van der Waals surface area contributed by atoms with E-state index in [0.717, 1.165) is 30.8 Å². The molecule has 4 rings (SSSR count). The summed E-state index contributed by atoms with van der Waals surface area (Å²) in [5.74, 6) is -0.0248. The normalized spacial score (nSPS) is 10.9. The van der Waals surface area contributed by atoms with Crippen LogP contribution in [0.25, 0.3) is 22.2 Å². The van der Waals surface area contributed by atoms with Gasteiger partial charge in [0.05, 0.1) is 27.1 Å². The van der Waals surface area contributed by atoms with Crippen molar-refractivity contribution >= 4 is 44.1 Å². The third-order valence-electron chi connectivity index (χ3n) is 4.27. The fourth-order valence-corrected chi connectivity index (χ4v) is 4.50. The molecule has 1 amide bonds. The molecule has 134 valence electrons. The number of thiophene rings is 1. The lowest BCUT2D eigenvalue weighted by Crippen LogP contribution is -2.26. The minimum absolute atomic E-state index is 0.0248. The molecule has 0 aliphatic rings. The predicted octanol–water partition coefficient (Wildman–Crippen LogP) is 5.39. The summed E-state index contributed by atoms with van der Waals surface area (Å²) in [5.41, 5.74) is 3.09. The number of halogens is 1. The molecule has 0 unspecified atom stereocenters. The number of para-hydroxylation sites is 1. The smallest absolute Gasteiger partial charge is 0.254 e. The van der Waals surface area contributed by atoms with Crippen molar-refractivity contribution in [2.75, 3.05) is 7.05 Å². The average molecular weight is 438 g/mol. The summed E-state index contributed by atoms with van der Waals surface area (Å²) < 4.78 is 1.06. The van der Waals surface area contributed by atoms with E-state index in [4.69, 9.17) is 4.98 Å². The first-order chi connectivity index (χ1) is 13.1. The van der Waals surface area contributed by atoms with Gasteiger partial charge in [-0.1, -0.05) is 18.2 Å². The topological polar surface area (TPSA) is 46.1 Å². The number of rotatable bonds is 4.